The SMILES string of the molecule is CN(CCBr)c1ccccc1S(=O)(=O)C(F)F. The molecule has 0 fully saturated rings. The van der Waals surface area contributed by atoms with Crippen molar-refractivity contribution in [1.82, 2.24) is 0 Å². The number of halogens is 3. The molecule has 0 amide bonds. The van der Waals surface area contributed by atoms with Crippen LogP contribution in [0.2, 0.25) is 0 Å². The highest BCUT2D eigenvalue weighted by molar-refractivity contribution is 9.09. The third-order valence-corrected chi connectivity index (χ3v) is 4.02. The largest absolute Gasteiger partial charge is 0.373 e. The van der Waals surface area contributed by atoms with Gasteiger partial charge in [-0.1, -0.05) is 28.1 Å². The maximum atomic E-state index is 12.5. The van der Waals surface area contributed by atoms with Crippen LogP contribution in [-0.2, 0) is 9.84 Å². The maximum Gasteiger partial charge on any atom is 0.341 e. The zero-order valence-electron chi connectivity index (χ0n) is 9.11. The molecule has 0 heterocycles. The fourth-order valence-electron chi connectivity index (χ4n) is 1.36. The second-order valence-electron chi connectivity index (χ2n) is 3.38. The monoisotopic (exact) mass is 327 g/mol. The van der Waals surface area contributed by atoms with E-state index in [2.05, 4.69) is 15.9 Å². The van der Waals surface area contributed by atoms with Crippen molar-refractivity contribution in [2.75, 3.05) is 23.8 Å². The molecular weight excluding hydrogens is 316 g/mol. The van der Waals surface area contributed by atoms with E-state index in [9.17, 15) is 17.2 Å². The summed E-state index contributed by atoms with van der Waals surface area (Å²) in [7, 11) is -2.91. The summed E-state index contributed by atoms with van der Waals surface area (Å²) in [6, 6.07) is 5.75. The molecular formula is C10H12BrF2NO2S. The van der Waals surface area contributed by atoms with Gasteiger partial charge in [0.15, 0.2) is 0 Å². The van der Waals surface area contributed by atoms with Crippen LogP contribution in [-0.4, -0.2) is 33.1 Å². The van der Waals surface area contributed by atoms with Gasteiger partial charge in [-0.25, -0.2) is 8.42 Å². The molecule has 1 rings (SSSR count). The Balaban J connectivity index is 3.26. The topological polar surface area (TPSA) is 37.4 Å². The van der Waals surface area contributed by atoms with Gasteiger partial charge in [-0.15, -0.1) is 0 Å². The van der Waals surface area contributed by atoms with Gasteiger partial charge in [-0.05, 0) is 12.1 Å². The van der Waals surface area contributed by atoms with Crippen LogP contribution in [0.15, 0.2) is 29.2 Å². The summed E-state index contributed by atoms with van der Waals surface area (Å²) in [6.07, 6.45) is 0. The van der Waals surface area contributed by atoms with Crippen LogP contribution in [0.1, 0.15) is 0 Å². The third kappa shape index (κ3) is 3.16. The lowest BCUT2D eigenvalue weighted by molar-refractivity contribution is 0.235. The van der Waals surface area contributed by atoms with Crippen molar-refractivity contribution in [3.05, 3.63) is 24.3 Å². The summed E-state index contributed by atoms with van der Waals surface area (Å²) in [4.78, 5) is 1.28. The highest BCUT2D eigenvalue weighted by Gasteiger charge is 2.29. The van der Waals surface area contributed by atoms with Crippen molar-refractivity contribution < 1.29 is 17.2 Å². The normalized spacial score (nSPS) is 11.8. The second-order valence-corrected chi connectivity index (χ2v) is 6.06. The van der Waals surface area contributed by atoms with E-state index in [4.69, 9.17) is 0 Å². The Morgan fingerprint density at radius 3 is 2.47 bits per heavy atom. The van der Waals surface area contributed by atoms with Crippen molar-refractivity contribution in [3.63, 3.8) is 0 Å². The minimum atomic E-state index is -4.56. The number of hydrogen-bond acceptors (Lipinski definition) is 3. The lowest BCUT2D eigenvalue weighted by Gasteiger charge is -2.21. The lowest BCUT2D eigenvalue weighted by Crippen LogP contribution is -2.23. The van der Waals surface area contributed by atoms with Gasteiger partial charge in [-0.3, -0.25) is 0 Å². The fourth-order valence-corrected chi connectivity index (χ4v) is 2.86. The van der Waals surface area contributed by atoms with Crippen LogP contribution in [0.3, 0.4) is 0 Å². The Morgan fingerprint density at radius 2 is 1.94 bits per heavy atom. The third-order valence-electron chi connectivity index (χ3n) is 2.24. The predicted molar refractivity (Wildman–Crippen MR) is 66.7 cm³/mol. The van der Waals surface area contributed by atoms with Crippen LogP contribution < -0.4 is 4.90 Å². The molecule has 0 aromatic heterocycles. The van der Waals surface area contributed by atoms with E-state index in [1.54, 1.807) is 18.0 Å². The van der Waals surface area contributed by atoms with E-state index in [0.29, 0.717) is 11.9 Å². The smallest absolute Gasteiger partial charge is 0.341 e. The number of sulfone groups is 1. The van der Waals surface area contributed by atoms with Gasteiger partial charge in [0.1, 0.15) is 0 Å². The quantitative estimate of drug-likeness (QED) is 0.780. The number of alkyl halides is 3. The van der Waals surface area contributed by atoms with Gasteiger partial charge in [0.05, 0.1) is 10.6 Å². The van der Waals surface area contributed by atoms with Gasteiger partial charge in [0.25, 0.3) is 0 Å². The molecule has 0 unspecified atom stereocenters. The van der Waals surface area contributed by atoms with E-state index < -0.39 is 15.6 Å². The van der Waals surface area contributed by atoms with Crippen LogP contribution >= 0.6 is 15.9 Å². The van der Waals surface area contributed by atoms with E-state index in [-0.39, 0.29) is 10.6 Å². The van der Waals surface area contributed by atoms with Crippen molar-refractivity contribution in [3.8, 4) is 0 Å². The molecule has 0 aliphatic heterocycles. The van der Waals surface area contributed by atoms with Crippen molar-refractivity contribution >= 4 is 31.5 Å². The molecule has 0 bridgehead atoms. The molecule has 17 heavy (non-hydrogen) atoms. The molecule has 0 spiro atoms. The van der Waals surface area contributed by atoms with E-state index in [1.807, 2.05) is 0 Å². The minimum absolute atomic E-state index is 0.284. The van der Waals surface area contributed by atoms with Gasteiger partial charge in [0, 0.05) is 18.9 Å². The van der Waals surface area contributed by atoms with Crippen molar-refractivity contribution in [2.24, 2.45) is 0 Å². The molecule has 96 valence electrons. The average Bonchev–Trinajstić information content (AvgIpc) is 2.29. The number of benzene rings is 1. The second kappa shape index (κ2) is 5.77. The van der Waals surface area contributed by atoms with Gasteiger partial charge in [-0.2, -0.15) is 8.78 Å². The summed E-state index contributed by atoms with van der Waals surface area (Å²) >= 11 is 3.21. The highest BCUT2D eigenvalue weighted by Crippen LogP contribution is 2.28. The predicted octanol–water partition coefficient (Wildman–Crippen LogP) is 2.51. The molecule has 7 heteroatoms. The van der Waals surface area contributed by atoms with E-state index >= 15 is 0 Å². The first kappa shape index (κ1) is 14.4. The summed E-state index contributed by atoms with van der Waals surface area (Å²) < 4.78 is 48.0. The maximum absolute atomic E-state index is 12.5. The van der Waals surface area contributed by atoms with Gasteiger partial charge >= 0.3 is 5.76 Å². The number of para-hydroxylation sites is 1. The van der Waals surface area contributed by atoms with Crippen molar-refractivity contribution in [2.45, 2.75) is 10.7 Å². The Bertz CT molecular complexity index is 479. The number of anilines is 1. The molecule has 1 aromatic rings. The first-order valence-electron chi connectivity index (χ1n) is 4.79. The Labute approximate surface area is 107 Å². The van der Waals surface area contributed by atoms with Crippen LogP contribution in [0.4, 0.5) is 14.5 Å². The number of rotatable bonds is 5. The number of hydrogen-bond donors (Lipinski definition) is 0. The summed E-state index contributed by atoms with van der Waals surface area (Å²) in [5.74, 6) is -3.40. The molecule has 3 nitrogen and oxygen atoms in total. The minimum Gasteiger partial charge on any atom is -0.373 e. The highest BCUT2D eigenvalue weighted by atomic mass is 79.9. The summed E-state index contributed by atoms with van der Waals surface area (Å²) in [5, 5.41) is 0.618. The Kier molecular flexibility index (Phi) is 4.88. The molecule has 0 aliphatic carbocycles. The fraction of sp³-hybridized carbons (Fsp3) is 0.400. The Morgan fingerprint density at radius 1 is 1.35 bits per heavy atom. The first-order chi connectivity index (χ1) is 7.91. The zero-order chi connectivity index (χ0) is 13.1. The van der Waals surface area contributed by atoms with E-state index in [1.165, 1.54) is 18.2 Å². The molecule has 0 aliphatic rings. The average molecular weight is 328 g/mol. The molecule has 0 N–H and O–H groups in total. The molecule has 0 atom stereocenters. The van der Waals surface area contributed by atoms with Crippen LogP contribution in [0.25, 0.3) is 0 Å². The van der Waals surface area contributed by atoms with Crippen molar-refractivity contribution in [1.29, 1.82) is 0 Å². The van der Waals surface area contributed by atoms with Crippen LogP contribution in [0, 0.1) is 0 Å². The number of nitrogens with zero attached hydrogens (tertiary/aromatic N) is 1. The molecule has 1 aromatic carbocycles. The Hall–Kier alpha value is -0.690. The molecule has 0 saturated carbocycles. The lowest BCUT2D eigenvalue weighted by atomic mass is 10.3. The van der Waals surface area contributed by atoms with Gasteiger partial charge < -0.3 is 4.90 Å². The van der Waals surface area contributed by atoms with Crippen LogP contribution in [0.5, 0.6) is 0 Å². The van der Waals surface area contributed by atoms with Gasteiger partial charge in [0.2, 0.25) is 9.84 Å². The molecule has 0 saturated heterocycles. The zero-order valence-corrected chi connectivity index (χ0v) is 11.5. The van der Waals surface area contributed by atoms with E-state index in [0.717, 1.165) is 0 Å². The standard InChI is InChI=1S/C10H12BrF2NO2S/c1-14(7-6-11)8-4-2-3-5-9(8)17(15,16)10(12)13/h2-5,10H,6-7H2,1H3. The summed E-state index contributed by atoms with van der Waals surface area (Å²) in [6.45, 7) is 0.524. The first-order valence-corrected chi connectivity index (χ1v) is 7.46. The molecule has 0 radical (unpaired) electrons. The summed E-state index contributed by atoms with van der Waals surface area (Å²) in [5.41, 5.74) is 0.284.